The summed E-state index contributed by atoms with van der Waals surface area (Å²) in [6, 6.07) is 6.74. The van der Waals surface area contributed by atoms with Gasteiger partial charge in [-0.2, -0.15) is 0 Å². The Balaban J connectivity index is 2.65. The van der Waals surface area contributed by atoms with Gasteiger partial charge >= 0.3 is 0 Å². The lowest BCUT2D eigenvalue weighted by Gasteiger charge is -2.08. The maximum atomic E-state index is 11.3. The normalized spacial score (nSPS) is 9.29. The molecule has 90 valence electrons. The first-order chi connectivity index (χ1) is 8.02. The molecular weight excluding hydrogens is 238 g/mol. The molecule has 0 fully saturated rings. The number of carbonyl (C=O) groups is 2. The van der Waals surface area contributed by atoms with Gasteiger partial charge in [0, 0.05) is 25.2 Å². The molecule has 0 unspecified atom stereocenters. The molecule has 0 saturated carbocycles. The summed E-state index contributed by atoms with van der Waals surface area (Å²) in [5.74, 6) is -0.384. The Labute approximate surface area is 105 Å². The molecule has 3 N–H and O–H groups in total. The highest BCUT2D eigenvalue weighted by molar-refractivity contribution is 7.80. The van der Waals surface area contributed by atoms with Crippen molar-refractivity contribution in [3.63, 3.8) is 0 Å². The fraction of sp³-hybridized carbons (Fsp3) is 0.182. The van der Waals surface area contributed by atoms with Crippen LogP contribution in [0.15, 0.2) is 24.3 Å². The molecule has 0 saturated heterocycles. The minimum absolute atomic E-state index is 0.152. The first kappa shape index (κ1) is 13.1. The first-order valence-corrected chi connectivity index (χ1v) is 5.34. The quantitative estimate of drug-likeness (QED) is 0.682. The van der Waals surface area contributed by atoms with Gasteiger partial charge in [-0.1, -0.05) is 0 Å². The number of carbonyl (C=O) groups excluding carboxylic acids is 2. The minimum atomic E-state index is -0.232. The van der Waals surface area contributed by atoms with Gasteiger partial charge in [0.1, 0.15) is 0 Å². The summed E-state index contributed by atoms with van der Waals surface area (Å²) in [5.41, 5.74) is 1.26. The third-order valence-electron chi connectivity index (χ3n) is 1.92. The smallest absolute Gasteiger partial charge is 0.251 e. The van der Waals surface area contributed by atoms with Crippen LogP contribution in [0.5, 0.6) is 0 Å². The summed E-state index contributed by atoms with van der Waals surface area (Å²) in [5, 5.41) is 8.02. The van der Waals surface area contributed by atoms with E-state index in [1.807, 2.05) is 0 Å². The van der Waals surface area contributed by atoms with E-state index in [1.165, 1.54) is 6.92 Å². The predicted molar refractivity (Wildman–Crippen MR) is 69.9 cm³/mol. The number of hydrogen-bond donors (Lipinski definition) is 3. The van der Waals surface area contributed by atoms with E-state index in [9.17, 15) is 9.59 Å². The van der Waals surface area contributed by atoms with Gasteiger partial charge in [-0.3, -0.25) is 9.59 Å². The van der Waals surface area contributed by atoms with Crippen molar-refractivity contribution in [2.45, 2.75) is 6.92 Å². The summed E-state index contributed by atoms with van der Waals surface area (Å²) in [7, 11) is 1.57. The topological polar surface area (TPSA) is 70.2 Å². The number of nitrogens with one attached hydrogen (secondary N) is 3. The van der Waals surface area contributed by atoms with Crippen LogP contribution in [0, 0.1) is 0 Å². The molecule has 1 aromatic rings. The van der Waals surface area contributed by atoms with Gasteiger partial charge in [0.2, 0.25) is 5.91 Å². The van der Waals surface area contributed by atoms with E-state index in [1.54, 1.807) is 31.3 Å². The van der Waals surface area contributed by atoms with E-state index in [2.05, 4.69) is 16.0 Å². The van der Waals surface area contributed by atoms with E-state index >= 15 is 0 Å². The van der Waals surface area contributed by atoms with Crippen LogP contribution >= 0.6 is 12.2 Å². The van der Waals surface area contributed by atoms with Crippen LogP contribution in [0.3, 0.4) is 0 Å². The van der Waals surface area contributed by atoms with Gasteiger partial charge in [0.15, 0.2) is 5.11 Å². The van der Waals surface area contributed by atoms with Crippen LogP contribution in [-0.2, 0) is 4.79 Å². The lowest BCUT2D eigenvalue weighted by atomic mass is 10.2. The van der Waals surface area contributed by atoms with Crippen molar-refractivity contribution in [3.8, 4) is 0 Å². The number of rotatable bonds is 2. The van der Waals surface area contributed by atoms with Crippen molar-refractivity contribution in [1.29, 1.82) is 0 Å². The summed E-state index contributed by atoms with van der Waals surface area (Å²) in [6.45, 7) is 1.38. The molecule has 2 amide bonds. The molecule has 17 heavy (non-hydrogen) atoms. The van der Waals surface area contributed by atoms with E-state index in [0.717, 1.165) is 0 Å². The van der Waals surface area contributed by atoms with Crippen molar-refractivity contribution in [1.82, 2.24) is 10.6 Å². The van der Waals surface area contributed by atoms with Crippen LogP contribution in [0.4, 0.5) is 5.69 Å². The summed E-state index contributed by atoms with van der Waals surface area (Å²) in [4.78, 5) is 22.0. The summed E-state index contributed by atoms with van der Waals surface area (Å²) < 4.78 is 0. The predicted octanol–water partition coefficient (Wildman–Crippen LogP) is 0.879. The lowest BCUT2D eigenvalue weighted by Crippen LogP contribution is -2.32. The Bertz CT molecular complexity index is 443. The largest absolute Gasteiger partial charge is 0.355 e. The molecule has 0 radical (unpaired) electrons. The molecule has 0 spiro atoms. The third kappa shape index (κ3) is 4.20. The number of amides is 2. The average molecular weight is 251 g/mol. The van der Waals surface area contributed by atoms with Gasteiger partial charge in [-0.15, -0.1) is 0 Å². The maximum absolute atomic E-state index is 11.3. The third-order valence-corrected chi connectivity index (χ3v) is 2.13. The van der Waals surface area contributed by atoms with Crippen molar-refractivity contribution >= 4 is 34.8 Å². The molecule has 0 aliphatic rings. The molecule has 0 aliphatic carbocycles. The monoisotopic (exact) mass is 251 g/mol. The van der Waals surface area contributed by atoms with Crippen LogP contribution in [0.25, 0.3) is 0 Å². The van der Waals surface area contributed by atoms with Gasteiger partial charge in [-0.05, 0) is 36.5 Å². The Hall–Kier alpha value is -1.95. The summed E-state index contributed by atoms with van der Waals surface area (Å²) in [6.07, 6.45) is 0. The van der Waals surface area contributed by atoms with E-state index < -0.39 is 0 Å². The molecule has 0 bridgehead atoms. The highest BCUT2D eigenvalue weighted by atomic mass is 32.1. The summed E-state index contributed by atoms with van der Waals surface area (Å²) >= 11 is 4.90. The zero-order chi connectivity index (χ0) is 12.8. The van der Waals surface area contributed by atoms with Crippen molar-refractivity contribution < 1.29 is 9.59 Å². The van der Waals surface area contributed by atoms with Gasteiger partial charge < -0.3 is 16.0 Å². The maximum Gasteiger partial charge on any atom is 0.251 e. The SMILES string of the molecule is CNC(=O)c1ccc(NC(=S)NC(C)=O)cc1. The van der Waals surface area contributed by atoms with Gasteiger partial charge in [0.05, 0.1) is 0 Å². The van der Waals surface area contributed by atoms with Crippen LogP contribution < -0.4 is 16.0 Å². The van der Waals surface area contributed by atoms with Crippen molar-refractivity contribution in [2.24, 2.45) is 0 Å². The Morgan fingerprint density at radius 3 is 2.24 bits per heavy atom. The van der Waals surface area contributed by atoms with E-state index in [4.69, 9.17) is 12.2 Å². The first-order valence-electron chi connectivity index (χ1n) is 4.93. The fourth-order valence-electron chi connectivity index (χ4n) is 1.17. The highest BCUT2D eigenvalue weighted by Crippen LogP contribution is 2.09. The molecule has 1 aromatic carbocycles. The molecule has 0 aromatic heterocycles. The molecule has 0 atom stereocenters. The Kier molecular flexibility index (Phi) is 4.59. The Morgan fingerprint density at radius 2 is 1.76 bits per heavy atom. The zero-order valence-electron chi connectivity index (χ0n) is 9.53. The van der Waals surface area contributed by atoms with E-state index in [-0.39, 0.29) is 16.9 Å². The molecule has 5 nitrogen and oxygen atoms in total. The number of anilines is 1. The van der Waals surface area contributed by atoms with E-state index in [0.29, 0.717) is 11.3 Å². The lowest BCUT2D eigenvalue weighted by molar-refractivity contribution is -0.117. The fourth-order valence-corrected chi connectivity index (χ4v) is 1.43. The number of hydrogen-bond acceptors (Lipinski definition) is 3. The number of benzene rings is 1. The Morgan fingerprint density at radius 1 is 1.18 bits per heavy atom. The molecule has 0 heterocycles. The van der Waals surface area contributed by atoms with Crippen LogP contribution in [0.1, 0.15) is 17.3 Å². The second-order valence-electron chi connectivity index (χ2n) is 3.29. The van der Waals surface area contributed by atoms with Gasteiger partial charge in [-0.25, -0.2) is 0 Å². The second-order valence-corrected chi connectivity index (χ2v) is 3.70. The van der Waals surface area contributed by atoms with Crippen molar-refractivity contribution in [3.05, 3.63) is 29.8 Å². The van der Waals surface area contributed by atoms with Crippen molar-refractivity contribution in [2.75, 3.05) is 12.4 Å². The highest BCUT2D eigenvalue weighted by Gasteiger charge is 2.03. The molecule has 1 rings (SSSR count). The second kappa shape index (κ2) is 5.95. The molecule has 6 heteroatoms. The standard InChI is InChI=1S/C11H13N3O2S/c1-7(15)13-11(17)14-9-5-3-8(4-6-9)10(16)12-2/h3-6H,1-2H3,(H,12,16)(H2,13,14,15,17). The number of thiocarbonyl (C=S) groups is 1. The van der Waals surface area contributed by atoms with Gasteiger partial charge in [0.25, 0.3) is 5.91 Å². The molecular formula is C11H13N3O2S. The van der Waals surface area contributed by atoms with Crippen LogP contribution in [-0.4, -0.2) is 24.0 Å². The van der Waals surface area contributed by atoms with Crippen LogP contribution in [0.2, 0.25) is 0 Å². The minimum Gasteiger partial charge on any atom is -0.355 e. The molecule has 0 aliphatic heterocycles. The zero-order valence-corrected chi connectivity index (χ0v) is 10.4. The average Bonchev–Trinajstić information content (AvgIpc) is 2.28.